The Kier molecular flexibility index (Phi) is 6.81. The second-order valence-corrected chi connectivity index (χ2v) is 4.79. The average molecular weight is 431 g/mol. The summed E-state index contributed by atoms with van der Waals surface area (Å²) in [5, 5.41) is 19.3. The molecule has 0 aromatic heterocycles. The molecule has 1 rings (SSSR count). The molecule has 1 aliphatic rings. The Morgan fingerprint density at radius 3 is 2.20 bits per heavy atom. The predicted molar refractivity (Wildman–Crippen MR) is 52.1 cm³/mol. The van der Waals surface area contributed by atoms with Crippen molar-refractivity contribution in [3.63, 3.8) is 0 Å². The Hall–Kier alpha value is 1.28. The van der Waals surface area contributed by atoms with Gasteiger partial charge in [0.1, 0.15) is 18.3 Å². The van der Waals surface area contributed by atoms with E-state index in [1.807, 2.05) is 20.8 Å². The zero-order chi connectivity index (χ0) is 10.9. The summed E-state index contributed by atoms with van der Waals surface area (Å²) < 4.78 is 10.9. The first kappa shape index (κ1) is 16.3. The number of rotatable bonds is 1. The van der Waals surface area contributed by atoms with Gasteiger partial charge in [0.2, 0.25) is 0 Å². The number of hydrogen-bond donors (Lipinski definition) is 2. The summed E-state index contributed by atoms with van der Waals surface area (Å²) in [5.41, 5.74) is -0.338. The van der Waals surface area contributed by atoms with E-state index in [4.69, 9.17) is 9.47 Å². The summed E-state index contributed by atoms with van der Waals surface area (Å²) in [6.45, 7) is 7.79. The van der Waals surface area contributed by atoms with E-state index in [9.17, 15) is 10.2 Å². The molecule has 1 heterocycles. The predicted octanol–water partition coefficient (Wildman–Crippen LogP) is 0.311. The van der Waals surface area contributed by atoms with Gasteiger partial charge in [0, 0.05) is 44.1 Å². The van der Waals surface area contributed by atoms with Gasteiger partial charge in [-0.2, -0.15) is 0 Å². The van der Waals surface area contributed by atoms with Crippen molar-refractivity contribution < 1.29 is 63.7 Å². The number of ether oxygens (including phenoxy) is 2. The minimum absolute atomic E-state index is 0. The summed E-state index contributed by atoms with van der Waals surface area (Å²) >= 11 is 0. The molecule has 1 saturated heterocycles. The van der Waals surface area contributed by atoms with Crippen LogP contribution in [0.15, 0.2) is 0 Å². The van der Waals surface area contributed by atoms with Crippen molar-refractivity contribution >= 4 is 0 Å². The fourth-order valence-electron chi connectivity index (χ4n) is 1.50. The molecule has 1 aliphatic heterocycles. The molecule has 1 fully saturated rings. The Bertz CT molecular complexity index is 192. The molecule has 0 aromatic carbocycles. The van der Waals surface area contributed by atoms with Crippen molar-refractivity contribution in [3.8, 4) is 0 Å². The Morgan fingerprint density at radius 1 is 1.20 bits per heavy atom. The van der Waals surface area contributed by atoms with Crippen molar-refractivity contribution in [1.29, 1.82) is 0 Å². The molecule has 4 atom stereocenters. The van der Waals surface area contributed by atoms with Crippen LogP contribution >= 0.6 is 0 Å². The zero-order valence-electron chi connectivity index (χ0n) is 9.80. The van der Waals surface area contributed by atoms with E-state index in [0.717, 1.165) is 0 Å². The molecule has 2 N–H and O–H groups in total. The van der Waals surface area contributed by atoms with Crippen LogP contribution in [0.4, 0.5) is 0 Å². The third-order valence-electron chi connectivity index (χ3n) is 2.24. The standard InChI is InChI=1S/C10H20O4.Ac/c1-6-8(11)9(12)7(5-13-6)14-10(2,3)4;/h6-9,11-12H,5H2,1-4H3;/t6-,7-,8-,9-;/m0./s1. The minimum atomic E-state index is -0.865. The van der Waals surface area contributed by atoms with E-state index in [-0.39, 0.29) is 55.8 Å². The van der Waals surface area contributed by atoms with Gasteiger partial charge < -0.3 is 19.7 Å². The van der Waals surface area contributed by atoms with Crippen LogP contribution in [0, 0.1) is 44.1 Å². The molecular weight excluding hydrogens is 411 g/mol. The molecular formula is C10H20AcO4. The van der Waals surface area contributed by atoms with Crippen LogP contribution in [-0.4, -0.2) is 46.8 Å². The third kappa shape index (κ3) is 4.97. The van der Waals surface area contributed by atoms with Gasteiger partial charge in [0.15, 0.2) is 0 Å². The van der Waals surface area contributed by atoms with Crippen LogP contribution in [0.1, 0.15) is 27.7 Å². The van der Waals surface area contributed by atoms with Gasteiger partial charge >= 0.3 is 0 Å². The molecule has 0 aliphatic carbocycles. The number of hydrogen-bond acceptors (Lipinski definition) is 4. The fraction of sp³-hybridized carbons (Fsp3) is 1.00. The normalized spacial score (nSPS) is 37.2. The first-order valence-electron chi connectivity index (χ1n) is 4.97. The van der Waals surface area contributed by atoms with Gasteiger partial charge in [-0.1, -0.05) is 0 Å². The molecule has 5 heteroatoms. The maximum absolute atomic E-state index is 9.72. The van der Waals surface area contributed by atoms with Gasteiger partial charge in [-0.3, -0.25) is 0 Å². The molecule has 0 unspecified atom stereocenters. The van der Waals surface area contributed by atoms with Crippen molar-refractivity contribution in [2.75, 3.05) is 6.61 Å². The van der Waals surface area contributed by atoms with Crippen molar-refractivity contribution in [2.45, 2.75) is 57.7 Å². The SMILES string of the molecule is C[C@@H]1OC[C@H](OC(C)(C)C)[C@H](O)[C@H]1O.[Ac]. The van der Waals surface area contributed by atoms with Crippen molar-refractivity contribution in [2.24, 2.45) is 0 Å². The van der Waals surface area contributed by atoms with Gasteiger partial charge in [0.05, 0.1) is 18.3 Å². The van der Waals surface area contributed by atoms with Crippen LogP contribution in [0.5, 0.6) is 0 Å². The van der Waals surface area contributed by atoms with Crippen molar-refractivity contribution in [3.05, 3.63) is 0 Å². The Labute approximate surface area is 127 Å². The molecule has 87 valence electrons. The van der Waals surface area contributed by atoms with Crippen LogP contribution < -0.4 is 0 Å². The van der Waals surface area contributed by atoms with E-state index < -0.39 is 18.3 Å². The molecule has 0 aromatic rings. The van der Waals surface area contributed by atoms with Gasteiger partial charge in [-0.05, 0) is 27.7 Å². The van der Waals surface area contributed by atoms with Crippen LogP contribution in [0.3, 0.4) is 0 Å². The van der Waals surface area contributed by atoms with Crippen LogP contribution in [-0.2, 0) is 9.47 Å². The number of aliphatic hydroxyl groups is 2. The molecule has 0 bridgehead atoms. The largest absolute Gasteiger partial charge is 0.388 e. The minimum Gasteiger partial charge on any atom is -0.388 e. The molecule has 0 amide bonds. The zero-order valence-corrected chi connectivity index (χ0v) is 14.6. The quantitative estimate of drug-likeness (QED) is 0.628. The molecule has 15 heavy (non-hydrogen) atoms. The summed E-state index contributed by atoms with van der Waals surface area (Å²) in [6.07, 6.45) is -2.50. The summed E-state index contributed by atoms with van der Waals surface area (Å²) in [5.74, 6) is 0. The van der Waals surface area contributed by atoms with E-state index in [1.165, 1.54) is 0 Å². The van der Waals surface area contributed by atoms with E-state index in [0.29, 0.717) is 6.61 Å². The first-order chi connectivity index (χ1) is 6.31. The topological polar surface area (TPSA) is 58.9 Å². The van der Waals surface area contributed by atoms with Gasteiger partial charge in [-0.25, -0.2) is 0 Å². The molecule has 1 radical (unpaired) electrons. The second kappa shape index (κ2) is 6.28. The summed E-state index contributed by atoms with van der Waals surface area (Å²) in [6, 6.07) is 0. The van der Waals surface area contributed by atoms with Gasteiger partial charge in [0.25, 0.3) is 0 Å². The maximum Gasteiger partial charge on any atom is 0.111 e. The smallest absolute Gasteiger partial charge is 0.111 e. The molecule has 0 spiro atoms. The van der Waals surface area contributed by atoms with E-state index in [1.54, 1.807) is 6.92 Å². The summed E-state index contributed by atoms with van der Waals surface area (Å²) in [4.78, 5) is 0. The molecule has 0 saturated carbocycles. The number of aliphatic hydroxyl groups excluding tert-OH is 2. The van der Waals surface area contributed by atoms with E-state index >= 15 is 0 Å². The van der Waals surface area contributed by atoms with E-state index in [2.05, 4.69) is 0 Å². The first-order valence-corrected chi connectivity index (χ1v) is 4.97. The Morgan fingerprint density at radius 2 is 1.73 bits per heavy atom. The maximum atomic E-state index is 9.72. The monoisotopic (exact) mass is 431 g/mol. The Balaban J connectivity index is 0.00000196. The van der Waals surface area contributed by atoms with Crippen LogP contribution in [0.25, 0.3) is 0 Å². The summed E-state index contributed by atoms with van der Waals surface area (Å²) in [7, 11) is 0. The van der Waals surface area contributed by atoms with Crippen LogP contribution in [0.2, 0.25) is 0 Å². The fourth-order valence-corrected chi connectivity index (χ4v) is 1.50. The van der Waals surface area contributed by atoms with Gasteiger partial charge in [-0.15, -0.1) is 0 Å². The average Bonchev–Trinajstić information content (AvgIpc) is 2.04. The van der Waals surface area contributed by atoms with Crippen molar-refractivity contribution in [1.82, 2.24) is 0 Å². The second-order valence-electron chi connectivity index (χ2n) is 4.79. The molecule has 4 nitrogen and oxygen atoms in total. The third-order valence-corrected chi connectivity index (χ3v) is 2.24.